The summed E-state index contributed by atoms with van der Waals surface area (Å²) >= 11 is 1.65. The van der Waals surface area contributed by atoms with E-state index in [0.29, 0.717) is 18.9 Å². The third-order valence-electron chi connectivity index (χ3n) is 3.04. The van der Waals surface area contributed by atoms with E-state index in [0.717, 1.165) is 10.7 Å². The number of hydrogen-bond donors (Lipinski definition) is 2. The predicted molar refractivity (Wildman–Crippen MR) is 78.9 cm³/mol. The predicted octanol–water partition coefficient (Wildman–Crippen LogP) is 0.431. The first-order valence-electron chi connectivity index (χ1n) is 6.62. The maximum Gasteiger partial charge on any atom is 0.288 e. The maximum absolute atomic E-state index is 12.0. The van der Waals surface area contributed by atoms with Gasteiger partial charge in [-0.2, -0.15) is 4.98 Å². The highest BCUT2D eigenvalue weighted by Crippen LogP contribution is 2.16. The quantitative estimate of drug-likeness (QED) is 0.705. The Morgan fingerprint density at radius 3 is 2.77 bits per heavy atom. The number of aromatic amines is 1. The lowest BCUT2D eigenvalue weighted by atomic mass is 10.4. The van der Waals surface area contributed by atoms with E-state index >= 15 is 0 Å². The fraction of sp³-hybridized carbons (Fsp3) is 0.333. The fourth-order valence-corrected chi connectivity index (χ4v) is 2.72. The summed E-state index contributed by atoms with van der Waals surface area (Å²) in [5.41, 5.74) is 1.04. The molecule has 3 rings (SSSR count). The molecule has 0 unspecified atom stereocenters. The first-order valence-corrected chi connectivity index (χ1v) is 7.43. The number of aryl methyl sites for hydroxylation is 2. The Morgan fingerprint density at radius 1 is 1.32 bits per heavy atom. The van der Waals surface area contributed by atoms with Crippen LogP contribution in [0.25, 0.3) is 5.95 Å². The third-order valence-corrected chi connectivity index (χ3v) is 4.17. The van der Waals surface area contributed by atoms with Crippen LogP contribution in [0.1, 0.15) is 26.2 Å². The Morgan fingerprint density at radius 2 is 2.09 bits per heavy atom. The van der Waals surface area contributed by atoms with Crippen molar-refractivity contribution in [3.63, 3.8) is 0 Å². The monoisotopic (exact) mass is 318 g/mol. The second kappa shape index (κ2) is 6.02. The lowest BCUT2D eigenvalue weighted by Crippen LogP contribution is -2.26. The van der Waals surface area contributed by atoms with Crippen molar-refractivity contribution in [3.05, 3.63) is 34.1 Å². The zero-order chi connectivity index (χ0) is 15.5. The molecule has 0 aliphatic heterocycles. The average molecular weight is 318 g/mol. The molecule has 10 heteroatoms. The van der Waals surface area contributed by atoms with Gasteiger partial charge in [-0.05, 0) is 13.8 Å². The Labute approximate surface area is 129 Å². The number of carbonyl (C=O) groups is 1. The van der Waals surface area contributed by atoms with E-state index in [1.807, 2.05) is 13.8 Å². The second-order valence-electron chi connectivity index (χ2n) is 4.61. The molecule has 0 spiro atoms. The molecule has 1 amide bonds. The van der Waals surface area contributed by atoms with Gasteiger partial charge in [-0.25, -0.2) is 4.98 Å². The van der Waals surface area contributed by atoms with Gasteiger partial charge in [0, 0.05) is 17.8 Å². The Kier molecular flexibility index (Phi) is 3.92. The van der Waals surface area contributed by atoms with Gasteiger partial charge in [0.1, 0.15) is 12.7 Å². The number of nitrogens with zero attached hydrogens (tertiary/aromatic N) is 6. The average Bonchev–Trinajstić information content (AvgIpc) is 3.21. The van der Waals surface area contributed by atoms with Gasteiger partial charge in [-0.15, -0.1) is 26.6 Å². The molecule has 0 aliphatic rings. The summed E-state index contributed by atoms with van der Waals surface area (Å²) < 4.78 is 1.51. The summed E-state index contributed by atoms with van der Waals surface area (Å²) in [6, 6.07) is 0. The molecule has 0 fully saturated rings. The van der Waals surface area contributed by atoms with Crippen LogP contribution in [-0.2, 0) is 6.42 Å². The van der Waals surface area contributed by atoms with Crippen LogP contribution in [-0.4, -0.2) is 47.4 Å². The molecule has 0 aliphatic carbocycles. The van der Waals surface area contributed by atoms with Crippen LogP contribution in [0.2, 0.25) is 0 Å². The molecule has 0 atom stereocenters. The lowest BCUT2D eigenvalue weighted by Gasteiger charge is -2.00. The summed E-state index contributed by atoms with van der Waals surface area (Å²) in [6.45, 7) is 4.51. The van der Waals surface area contributed by atoms with E-state index in [1.54, 1.807) is 11.3 Å². The number of amides is 1. The number of thiazole rings is 1. The van der Waals surface area contributed by atoms with Crippen LogP contribution in [0.15, 0.2) is 12.7 Å². The number of hydrogen-bond acceptors (Lipinski definition) is 7. The molecule has 114 valence electrons. The number of H-pyrrole nitrogens is 1. The van der Waals surface area contributed by atoms with E-state index in [1.165, 1.54) is 22.1 Å². The van der Waals surface area contributed by atoms with Crippen LogP contribution in [0.5, 0.6) is 0 Å². The zero-order valence-corrected chi connectivity index (χ0v) is 12.9. The standard InChI is InChI=1S/C12H14N8OS/c1-7-8(2)22-9(16-7)3-4-13-11(21)10-17-12(19-18-10)20-5-14-15-6-20/h5-6H,3-4H2,1-2H3,(H,13,21)(H,17,18,19). The van der Waals surface area contributed by atoms with E-state index in [4.69, 9.17) is 0 Å². The van der Waals surface area contributed by atoms with Crippen molar-refractivity contribution in [2.24, 2.45) is 0 Å². The van der Waals surface area contributed by atoms with Crippen molar-refractivity contribution in [3.8, 4) is 5.95 Å². The molecule has 0 radical (unpaired) electrons. The van der Waals surface area contributed by atoms with Crippen LogP contribution in [0.3, 0.4) is 0 Å². The Balaban J connectivity index is 1.56. The normalized spacial score (nSPS) is 10.8. The summed E-state index contributed by atoms with van der Waals surface area (Å²) in [7, 11) is 0. The summed E-state index contributed by atoms with van der Waals surface area (Å²) in [4.78, 5) is 21.7. The number of carbonyl (C=O) groups excluding carboxylic acids is 1. The van der Waals surface area contributed by atoms with Gasteiger partial charge in [0.2, 0.25) is 5.82 Å². The number of rotatable bonds is 5. The van der Waals surface area contributed by atoms with Crippen molar-refractivity contribution < 1.29 is 4.79 Å². The molecular weight excluding hydrogens is 304 g/mol. The maximum atomic E-state index is 12.0. The molecule has 0 saturated heterocycles. The lowest BCUT2D eigenvalue weighted by molar-refractivity contribution is 0.0944. The van der Waals surface area contributed by atoms with Gasteiger partial charge in [0.15, 0.2) is 0 Å². The van der Waals surface area contributed by atoms with Crippen LogP contribution in [0.4, 0.5) is 0 Å². The topological polar surface area (TPSA) is 114 Å². The van der Waals surface area contributed by atoms with E-state index in [-0.39, 0.29) is 11.7 Å². The van der Waals surface area contributed by atoms with Gasteiger partial charge in [0.25, 0.3) is 11.9 Å². The SMILES string of the molecule is Cc1nc(CCNC(=O)c2nc(-n3cnnc3)n[nH]2)sc1C. The first-order chi connectivity index (χ1) is 10.6. The van der Waals surface area contributed by atoms with Gasteiger partial charge < -0.3 is 5.32 Å². The highest BCUT2D eigenvalue weighted by atomic mass is 32.1. The van der Waals surface area contributed by atoms with Crippen molar-refractivity contribution >= 4 is 17.2 Å². The van der Waals surface area contributed by atoms with Crippen molar-refractivity contribution in [1.29, 1.82) is 0 Å². The summed E-state index contributed by atoms with van der Waals surface area (Å²) in [6.07, 6.45) is 3.60. The molecular formula is C12H14N8OS. The Hall–Kier alpha value is -2.62. The van der Waals surface area contributed by atoms with Crippen molar-refractivity contribution in [2.75, 3.05) is 6.54 Å². The largest absolute Gasteiger partial charge is 0.349 e. The molecule has 0 aromatic carbocycles. The molecule has 22 heavy (non-hydrogen) atoms. The van der Waals surface area contributed by atoms with Gasteiger partial charge >= 0.3 is 0 Å². The summed E-state index contributed by atoms with van der Waals surface area (Å²) in [5.74, 6) is 0.161. The second-order valence-corrected chi connectivity index (χ2v) is 5.90. The van der Waals surface area contributed by atoms with Crippen molar-refractivity contribution in [1.82, 2.24) is 40.2 Å². The molecule has 2 N–H and O–H groups in total. The van der Waals surface area contributed by atoms with E-state index < -0.39 is 0 Å². The third kappa shape index (κ3) is 3.01. The van der Waals surface area contributed by atoms with Crippen LogP contribution < -0.4 is 5.32 Å². The van der Waals surface area contributed by atoms with Crippen LogP contribution in [0, 0.1) is 13.8 Å². The minimum Gasteiger partial charge on any atom is -0.349 e. The number of aromatic nitrogens is 7. The highest BCUT2D eigenvalue weighted by molar-refractivity contribution is 7.11. The van der Waals surface area contributed by atoms with E-state index in [9.17, 15) is 4.79 Å². The van der Waals surface area contributed by atoms with Crippen molar-refractivity contribution in [2.45, 2.75) is 20.3 Å². The Bertz CT molecular complexity index is 756. The smallest absolute Gasteiger partial charge is 0.288 e. The molecule has 9 nitrogen and oxygen atoms in total. The highest BCUT2D eigenvalue weighted by Gasteiger charge is 2.13. The molecule has 3 aromatic rings. The minimum absolute atomic E-state index is 0.148. The van der Waals surface area contributed by atoms with E-state index in [2.05, 4.69) is 35.7 Å². The molecule has 3 aromatic heterocycles. The summed E-state index contributed by atoms with van der Waals surface area (Å²) in [5, 5.41) is 17.6. The molecule has 3 heterocycles. The minimum atomic E-state index is -0.308. The van der Waals surface area contributed by atoms with Gasteiger partial charge in [0.05, 0.1) is 10.7 Å². The first kappa shape index (κ1) is 14.3. The van der Waals surface area contributed by atoms with Gasteiger partial charge in [-0.3, -0.25) is 14.5 Å². The molecule has 0 bridgehead atoms. The van der Waals surface area contributed by atoms with Gasteiger partial charge in [-0.1, -0.05) is 0 Å². The zero-order valence-electron chi connectivity index (χ0n) is 12.1. The number of nitrogens with one attached hydrogen (secondary N) is 2. The fourth-order valence-electron chi connectivity index (χ4n) is 1.79. The molecule has 0 saturated carbocycles. The van der Waals surface area contributed by atoms with Crippen LogP contribution >= 0.6 is 11.3 Å².